The number of fused-ring (bicyclic) bond motifs is 4. The Morgan fingerprint density at radius 3 is 1.69 bits per heavy atom. The molecule has 0 aliphatic carbocycles. The van der Waals surface area contributed by atoms with Gasteiger partial charge in [0.2, 0.25) is 0 Å². The molecule has 7 aromatic rings. The van der Waals surface area contributed by atoms with E-state index in [9.17, 15) is 9.59 Å². The number of nitrogens with zero attached hydrogens (tertiary/aromatic N) is 3. The number of unbranched alkanes of at least 4 members (excludes halogenated alkanes) is 13. The molecule has 0 saturated heterocycles. The number of thiophene rings is 2. The maximum absolute atomic E-state index is 11.1. The van der Waals surface area contributed by atoms with E-state index >= 15 is 0 Å². The van der Waals surface area contributed by atoms with Gasteiger partial charge in [0.25, 0.3) is 0 Å². The van der Waals surface area contributed by atoms with Crippen molar-refractivity contribution < 1.29 is 29.3 Å². The van der Waals surface area contributed by atoms with Gasteiger partial charge in [-0.1, -0.05) is 102 Å². The highest BCUT2D eigenvalue weighted by Crippen LogP contribution is 2.53. The summed E-state index contributed by atoms with van der Waals surface area (Å²) in [5.41, 5.74) is 8.45. The fourth-order valence-corrected chi connectivity index (χ4v) is 11.2. The third kappa shape index (κ3) is 11.9. The molecule has 0 bridgehead atoms. The van der Waals surface area contributed by atoms with Gasteiger partial charge in [-0.25, -0.2) is 0 Å². The van der Waals surface area contributed by atoms with Crippen molar-refractivity contribution in [3.63, 3.8) is 0 Å². The summed E-state index contributed by atoms with van der Waals surface area (Å²) in [6.07, 6.45) is 16.5. The highest BCUT2D eigenvalue weighted by atomic mass is 32.1. The van der Waals surface area contributed by atoms with Gasteiger partial charge in [0.15, 0.2) is 11.5 Å². The Balaban J connectivity index is 1.24. The predicted octanol–water partition coefficient (Wildman–Crippen LogP) is 15.5. The average molecular weight is 922 g/mol. The van der Waals surface area contributed by atoms with Gasteiger partial charge in [-0.05, 0) is 93.5 Å². The Morgan fingerprint density at radius 1 is 0.578 bits per heavy atom. The number of carboxylic acid groups (broad SMARTS) is 2. The fourth-order valence-electron chi connectivity index (χ4n) is 8.70. The molecule has 340 valence electrons. The Morgan fingerprint density at radius 2 is 1.09 bits per heavy atom. The van der Waals surface area contributed by atoms with Crippen LogP contribution in [0.15, 0.2) is 60.7 Å². The Hall–Kier alpha value is -4.78. The molecule has 0 unspecified atom stereocenters. The van der Waals surface area contributed by atoms with Gasteiger partial charge in [0, 0.05) is 60.7 Å². The SMILES string of the molecule is CCCCCCCCn1c2cc(C)ccc2c2ccc(-c3ccc(-c4c(OCCCCCCCC(=O)O)c(OCCCCCCCC(=O)O)c(-c5ccc(C)s5)c5nsnc45)s3)cc21. The first-order valence-corrected chi connectivity index (χ1v) is 25.8. The Kier molecular flexibility index (Phi) is 17.3. The number of hydrogen-bond acceptors (Lipinski definition) is 9. The van der Waals surface area contributed by atoms with Crippen molar-refractivity contribution in [3.05, 3.63) is 71.1 Å². The number of aromatic nitrogens is 3. The molecule has 0 spiro atoms. The van der Waals surface area contributed by atoms with Crippen LogP contribution in [0.1, 0.15) is 133 Å². The maximum Gasteiger partial charge on any atom is 0.303 e. The zero-order valence-electron chi connectivity index (χ0n) is 37.7. The van der Waals surface area contributed by atoms with E-state index in [1.54, 1.807) is 22.7 Å². The minimum absolute atomic E-state index is 0.203. The van der Waals surface area contributed by atoms with Crippen molar-refractivity contribution in [1.29, 1.82) is 0 Å². The summed E-state index contributed by atoms with van der Waals surface area (Å²) < 4.78 is 26.2. The van der Waals surface area contributed by atoms with E-state index < -0.39 is 11.9 Å². The quantitative estimate of drug-likeness (QED) is 0.0466. The minimum Gasteiger partial charge on any atom is -0.489 e. The summed E-state index contributed by atoms with van der Waals surface area (Å²) in [7, 11) is 0. The summed E-state index contributed by atoms with van der Waals surface area (Å²) in [5.74, 6) is -0.115. The van der Waals surface area contributed by atoms with Gasteiger partial charge < -0.3 is 24.3 Å². The molecular weight excluding hydrogens is 859 g/mol. The van der Waals surface area contributed by atoms with Gasteiger partial charge in [0.1, 0.15) is 11.0 Å². The van der Waals surface area contributed by atoms with Crippen LogP contribution < -0.4 is 9.47 Å². The molecule has 0 radical (unpaired) electrons. The molecule has 3 aromatic carbocycles. The molecule has 0 fully saturated rings. The lowest BCUT2D eigenvalue weighted by Gasteiger charge is -2.20. The van der Waals surface area contributed by atoms with Crippen molar-refractivity contribution in [2.45, 2.75) is 143 Å². The molecule has 64 heavy (non-hydrogen) atoms. The summed E-state index contributed by atoms with van der Waals surface area (Å²) in [5, 5.41) is 20.7. The fraction of sp³-hybridized carbons (Fsp3) is 0.462. The monoisotopic (exact) mass is 921 g/mol. The molecule has 7 rings (SSSR count). The molecule has 0 saturated carbocycles. The molecule has 9 nitrogen and oxygen atoms in total. The van der Waals surface area contributed by atoms with Gasteiger partial charge >= 0.3 is 11.9 Å². The second kappa shape index (κ2) is 23.4. The first-order valence-electron chi connectivity index (χ1n) is 23.4. The van der Waals surface area contributed by atoms with E-state index in [2.05, 4.69) is 86.0 Å². The molecule has 4 heterocycles. The maximum atomic E-state index is 11.1. The number of hydrogen-bond donors (Lipinski definition) is 2. The summed E-state index contributed by atoms with van der Waals surface area (Å²) in [4.78, 5) is 26.5. The van der Waals surface area contributed by atoms with Gasteiger partial charge in [-0.15, -0.1) is 22.7 Å². The Bertz CT molecular complexity index is 2640. The standard InChI is InChI=1S/C52H63N3O6S3/c1-4-5-6-7-12-17-30-55-40-33-35(2)22-25-38(40)39-26-24-37(34-41(39)55)42-28-29-44(63-42)48-50-49(53-64-54-50)47(43-27-23-36(3)62-43)51(60-31-18-13-8-10-15-20-45(56)57)52(48)61-32-19-14-9-11-16-21-46(58)59/h22-29,33-34H,4-21,30-32H2,1-3H3,(H,56,57)(H,58,59). The number of ether oxygens (including phenoxy) is 2. The van der Waals surface area contributed by atoms with Crippen LogP contribution in [0, 0.1) is 13.8 Å². The van der Waals surface area contributed by atoms with Gasteiger partial charge in [-0.2, -0.15) is 8.75 Å². The number of carboxylic acids is 2. The van der Waals surface area contributed by atoms with Crippen LogP contribution in [0.2, 0.25) is 0 Å². The largest absolute Gasteiger partial charge is 0.489 e. The van der Waals surface area contributed by atoms with Crippen LogP contribution in [0.4, 0.5) is 0 Å². The average Bonchev–Trinajstić information content (AvgIpc) is 4.10. The van der Waals surface area contributed by atoms with Crippen LogP contribution in [0.25, 0.3) is 64.2 Å². The van der Waals surface area contributed by atoms with Crippen molar-refractivity contribution in [1.82, 2.24) is 13.3 Å². The topological polar surface area (TPSA) is 124 Å². The number of aliphatic carboxylic acids is 2. The third-order valence-electron chi connectivity index (χ3n) is 12.1. The van der Waals surface area contributed by atoms with Crippen molar-refractivity contribution in [2.75, 3.05) is 13.2 Å². The smallest absolute Gasteiger partial charge is 0.303 e. The van der Waals surface area contributed by atoms with Crippen LogP contribution in [0.3, 0.4) is 0 Å². The first kappa shape index (κ1) is 47.2. The van der Waals surface area contributed by atoms with Crippen molar-refractivity contribution in [2.24, 2.45) is 0 Å². The lowest BCUT2D eigenvalue weighted by Crippen LogP contribution is -2.06. The van der Waals surface area contributed by atoms with Gasteiger partial charge in [-0.3, -0.25) is 9.59 Å². The summed E-state index contributed by atoms with van der Waals surface area (Å²) in [6.45, 7) is 8.52. The zero-order chi connectivity index (χ0) is 44.8. The second-order valence-electron chi connectivity index (χ2n) is 17.1. The predicted molar refractivity (Wildman–Crippen MR) is 267 cm³/mol. The lowest BCUT2D eigenvalue weighted by molar-refractivity contribution is -0.138. The van der Waals surface area contributed by atoms with Crippen molar-refractivity contribution >= 4 is 79.2 Å². The molecule has 0 aliphatic heterocycles. The van der Waals surface area contributed by atoms with E-state index in [1.807, 2.05) is 0 Å². The number of carbonyl (C=O) groups is 2. The molecule has 4 aromatic heterocycles. The van der Waals surface area contributed by atoms with E-state index in [4.69, 9.17) is 28.4 Å². The third-order valence-corrected chi connectivity index (χ3v) is 14.8. The zero-order valence-corrected chi connectivity index (χ0v) is 40.2. The van der Waals surface area contributed by atoms with E-state index in [1.165, 1.54) is 81.6 Å². The number of aryl methyl sites for hydroxylation is 3. The minimum atomic E-state index is -0.746. The van der Waals surface area contributed by atoms with Crippen LogP contribution >= 0.6 is 34.4 Å². The number of rotatable bonds is 28. The Labute approximate surface area is 389 Å². The molecule has 2 N–H and O–H groups in total. The second-order valence-corrected chi connectivity index (χ2v) is 20.0. The molecule has 0 aliphatic rings. The lowest BCUT2D eigenvalue weighted by atomic mass is 10.0. The van der Waals surface area contributed by atoms with Crippen LogP contribution in [-0.4, -0.2) is 48.7 Å². The first-order chi connectivity index (χ1) is 31.2. The van der Waals surface area contributed by atoms with E-state index in [0.717, 1.165) is 101 Å². The summed E-state index contributed by atoms with van der Waals surface area (Å²) in [6, 6.07) is 22.5. The number of benzene rings is 3. The molecule has 0 amide bonds. The van der Waals surface area contributed by atoms with Crippen molar-refractivity contribution in [3.8, 4) is 42.8 Å². The van der Waals surface area contributed by atoms with E-state index in [0.29, 0.717) is 37.6 Å². The highest BCUT2D eigenvalue weighted by Gasteiger charge is 2.29. The molecule has 12 heteroatoms. The van der Waals surface area contributed by atoms with E-state index in [-0.39, 0.29) is 12.8 Å². The van der Waals surface area contributed by atoms with Crippen LogP contribution in [-0.2, 0) is 16.1 Å². The summed E-state index contributed by atoms with van der Waals surface area (Å²) >= 11 is 4.66. The molecule has 0 atom stereocenters. The normalized spacial score (nSPS) is 11.7. The highest BCUT2D eigenvalue weighted by molar-refractivity contribution is 7.19. The van der Waals surface area contributed by atoms with Gasteiger partial charge in [0.05, 0.1) is 36.1 Å². The van der Waals surface area contributed by atoms with Crippen LogP contribution in [0.5, 0.6) is 11.5 Å². The molecular formula is C52H63N3O6S3.